The van der Waals surface area contributed by atoms with Crippen molar-refractivity contribution in [3.05, 3.63) is 60.2 Å². The fraction of sp³-hybridized carbons (Fsp3) is 0.286. The second-order valence-corrected chi connectivity index (χ2v) is 6.89. The lowest BCUT2D eigenvalue weighted by atomic mass is 10.1. The van der Waals surface area contributed by atoms with Crippen molar-refractivity contribution in [2.24, 2.45) is 5.92 Å². The number of anilines is 2. The highest BCUT2D eigenvalue weighted by Gasteiger charge is 2.35. The molecule has 3 amide bonds. The molecule has 1 fully saturated rings. The number of nitrogens with one attached hydrogen (secondary N) is 1. The number of amides is 3. The van der Waals surface area contributed by atoms with Gasteiger partial charge in [-0.1, -0.05) is 30.3 Å². The molecule has 3 rings (SSSR count). The van der Waals surface area contributed by atoms with Gasteiger partial charge in [0, 0.05) is 38.4 Å². The van der Waals surface area contributed by atoms with Crippen LogP contribution < -0.4 is 10.2 Å². The molecule has 0 spiro atoms. The third-order valence-corrected chi connectivity index (χ3v) is 4.64. The van der Waals surface area contributed by atoms with Crippen molar-refractivity contribution < 1.29 is 14.4 Å². The Morgan fingerprint density at radius 1 is 1.07 bits per heavy atom. The number of carbonyl (C=O) groups is 3. The van der Waals surface area contributed by atoms with Gasteiger partial charge in [0.25, 0.3) is 0 Å². The smallest absolute Gasteiger partial charge is 0.229 e. The maximum absolute atomic E-state index is 12.5. The molecule has 0 aliphatic carbocycles. The van der Waals surface area contributed by atoms with Crippen molar-refractivity contribution in [2.45, 2.75) is 12.8 Å². The van der Waals surface area contributed by atoms with Gasteiger partial charge in [-0.05, 0) is 29.8 Å². The molecule has 0 aromatic heterocycles. The monoisotopic (exact) mass is 365 g/mol. The van der Waals surface area contributed by atoms with E-state index >= 15 is 0 Å². The Kier molecular flexibility index (Phi) is 5.54. The number of para-hydroxylation sites is 1. The molecule has 1 heterocycles. The van der Waals surface area contributed by atoms with Gasteiger partial charge in [0.05, 0.1) is 12.3 Å². The van der Waals surface area contributed by atoms with Crippen LogP contribution in [0.1, 0.15) is 12.0 Å². The highest BCUT2D eigenvalue weighted by Crippen LogP contribution is 2.25. The lowest BCUT2D eigenvalue weighted by molar-refractivity contribution is -0.128. The van der Waals surface area contributed by atoms with Gasteiger partial charge < -0.3 is 15.1 Å². The third kappa shape index (κ3) is 4.53. The van der Waals surface area contributed by atoms with E-state index in [1.807, 2.05) is 42.5 Å². The minimum absolute atomic E-state index is 0.0252. The van der Waals surface area contributed by atoms with Crippen LogP contribution in [0, 0.1) is 5.92 Å². The van der Waals surface area contributed by atoms with Crippen molar-refractivity contribution in [3.63, 3.8) is 0 Å². The Morgan fingerprint density at radius 3 is 2.37 bits per heavy atom. The zero-order valence-electron chi connectivity index (χ0n) is 15.5. The van der Waals surface area contributed by atoms with Crippen LogP contribution in [0.4, 0.5) is 11.4 Å². The van der Waals surface area contributed by atoms with E-state index in [0.29, 0.717) is 18.7 Å². The Labute approximate surface area is 158 Å². The van der Waals surface area contributed by atoms with E-state index in [1.54, 1.807) is 36.0 Å². The molecule has 1 N–H and O–H groups in total. The highest BCUT2D eigenvalue weighted by molar-refractivity contribution is 6.03. The topological polar surface area (TPSA) is 69.7 Å². The van der Waals surface area contributed by atoms with E-state index in [2.05, 4.69) is 5.32 Å². The van der Waals surface area contributed by atoms with Gasteiger partial charge in [-0.3, -0.25) is 14.4 Å². The molecule has 1 saturated heterocycles. The van der Waals surface area contributed by atoms with Crippen molar-refractivity contribution in [1.29, 1.82) is 0 Å². The minimum atomic E-state index is -0.382. The maximum atomic E-state index is 12.5. The third-order valence-electron chi connectivity index (χ3n) is 4.64. The first-order valence-electron chi connectivity index (χ1n) is 8.89. The van der Waals surface area contributed by atoms with E-state index in [0.717, 1.165) is 11.3 Å². The Morgan fingerprint density at radius 2 is 1.74 bits per heavy atom. The summed E-state index contributed by atoms with van der Waals surface area (Å²) in [7, 11) is 3.44. The molecule has 6 nitrogen and oxygen atoms in total. The van der Waals surface area contributed by atoms with Gasteiger partial charge >= 0.3 is 0 Å². The lowest BCUT2D eigenvalue weighted by Crippen LogP contribution is -2.28. The standard InChI is InChI=1S/C21H23N3O3/c1-23(2)19(25)12-15-8-10-17(11-9-15)22-21(27)16-13-20(26)24(14-16)18-6-4-3-5-7-18/h3-11,16H,12-14H2,1-2H3,(H,22,27). The van der Waals surface area contributed by atoms with Crippen LogP contribution in [0.5, 0.6) is 0 Å². The van der Waals surface area contributed by atoms with Crippen molar-refractivity contribution in [3.8, 4) is 0 Å². The average molecular weight is 365 g/mol. The molecule has 2 aromatic rings. The SMILES string of the molecule is CN(C)C(=O)Cc1ccc(NC(=O)C2CC(=O)N(c3ccccc3)C2)cc1. The van der Waals surface area contributed by atoms with Gasteiger partial charge in [0.2, 0.25) is 17.7 Å². The van der Waals surface area contributed by atoms with Gasteiger partial charge in [-0.25, -0.2) is 0 Å². The molecule has 140 valence electrons. The maximum Gasteiger partial charge on any atom is 0.229 e. The molecule has 1 unspecified atom stereocenters. The predicted octanol–water partition coefficient (Wildman–Crippen LogP) is 2.31. The summed E-state index contributed by atoms with van der Waals surface area (Å²) in [5.74, 6) is -0.567. The molecule has 0 radical (unpaired) electrons. The molecule has 1 atom stereocenters. The summed E-state index contributed by atoms with van der Waals surface area (Å²) < 4.78 is 0. The molecule has 1 aliphatic rings. The number of carbonyl (C=O) groups excluding carboxylic acids is 3. The fourth-order valence-electron chi connectivity index (χ4n) is 3.02. The number of hydrogen-bond acceptors (Lipinski definition) is 3. The minimum Gasteiger partial charge on any atom is -0.349 e. The van der Waals surface area contributed by atoms with Crippen LogP contribution in [-0.4, -0.2) is 43.3 Å². The number of benzene rings is 2. The summed E-state index contributed by atoms with van der Waals surface area (Å²) in [6.07, 6.45) is 0.528. The molecule has 0 bridgehead atoms. The molecule has 6 heteroatoms. The summed E-state index contributed by atoms with van der Waals surface area (Å²) >= 11 is 0. The second-order valence-electron chi connectivity index (χ2n) is 6.89. The van der Waals surface area contributed by atoms with Gasteiger partial charge in [-0.2, -0.15) is 0 Å². The number of likely N-dealkylation sites (N-methyl/N-ethyl adjacent to an activating group) is 1. The highest BCUT2D eigenvalue weighted by atomic mass is 16.2. The van der Waals surface area contributed by atoms with E-state index in [-0.39, 0.29) is 30.1 Å². The number of rotatable bonds is 5. The van der Waals surface area contributed by atoms with Crippen LogP contribution >= 0.6 is 0 Å². The van der Waals surface area contributed by atoms with Crippen LogP contribution in [0.25, 0.3) is 0 Å². The van der Waals surface area contributed by atoms with E-state index in [4.69, 9.17) is 0 Å². The molecular weight excluding hydrogens is 342 g/mol. The molecule has 1 aliphatic heterocycles. The Hall–Kier alpha value is -3.15. The number of nitrogens with zero attached hydrogens (tertiary/aromatic N) is 2. The van der Waals surface area contributed by atoms with Crippen molar-refractivity contribution >= 4 is 29.1 Å². The van der Waals surface area contributed by atoms with E-state index in [1.165, 1.54) is 0 Å². The zero-order chi connectivity index (χ0) is 19.4. The summed E-state index contributed by atoms with van der Waals surface area (Å²) in [6.45, 7) is 0.379. The molecular formula is C21H23N3O3. The summed E-state index contributed by atoms with van der Waals surface area (Å²) in [5, 5.41) is 2.87. The van der Waals surface area contributed by atoms with E-state index < -0.39 is 0 Å². The zero-order valence-corrected chi connectivity index (χ0v) is 15.5. The first-order valence-corrected chi connectivity index (χ1v) is 8.89. The van der Waals surface area contributed by atoms with Crippen LogP contribution in [0.3, 0.4) is 0 Å². The summed E-state index contributed by atoms with van der Waals surface area (Å²) in [6, 6.07) is 16.6. The van der Waals surface area contributed by atoms with Gasteiger partial charge in [-0.15, -0.1) is 0 Å². The second kappa shape index (κ2) is 8.03. The molecule has 27 heavy (non-hydrogen) atoms. The van der Waals surface area contributed by atoms with E-state index in [9.17, 15) is 14.4 Å². The summed E-state index contributed by atoms with van der Waals surface area (Å²) in [4.78, 5) is 39.7. The van der Waals surface area contributed by atoms with Crippen molar-refractivity contribution in [2.75, 3.05) is 30.9 Å². The molecule has 2 aromatic carbocycles. The van der Waals surface area contributed by atoms with Gasteiger partial charge in [0.15, 0.2) is 0 Å². The number of hydrogen-bond donors (Lipinski definition) is 1. The first-order chi connectivity index (χ1) is 12.9. The predicted molar refractivity (Wildman–Crippen MR) is 104 cm³/mol. The lowest BCUT2D eigenvalue weighted by Gasteiger charge is -2.16. The summed E-state index contributed by atoms with van der Waals surface area (Å²) in [5.41, 5.74) is 2.36. The van der Waals surface area contributed by atoms with Gasteiger partial charge in [0.1, 0.15) is 0 Å². The first kappa shape index (κ1) is 18.6. The fourth-order valence-corrected chi connectivity index (χ4v) is 3.02. The van der Waals surface area contributed by atoms with Crippen LogP contribution in [0.2, 0.25) is 0 Å². The quantitative estimate of drug-likeness (QED) is 0.884. The molecule has 0 saturated carbocycles. The Bertz CT molecular complexity index is 832. The van der Waals surface area contributed by atoms with Crippen molar-refractivity contribution in [1.82, 2.24) is 4.90 Å². The Balaban J connectivity index is 1.59. The van der Waals surface area contributed by atoms with Crippen LogP contribution in [-0.2, 0) is 20.8 Å². The average Bonchev–Trinajstić information content (AvgIpc) is 3.06. The van der Waals surface area contributed by atoms with Crippen LogP contribution in [0.15, 0.2) is 54.6 Å². The normalized spacial score (nSPS) is 16.3. The largest absolute Gasteiger partial charge is 0.349 e.